The Labute approximate surface area is 195 Å². The van der Waals surface area contributed by atoms with Crippen molar-refractivity contribution in [3.8, 4) is 0 Å². The Morgan fingerprint density at radius 2 is 1.65 bits per heavy atom. The third-order valence-corrected chi connectivity index (χ3v) is 5.67. The lowest BCUT2D eigenvalue weighted by Gasteiger charge is -2.30. The van der Waals surface area contributed by atoms with E-state index in [2.05, 4.69) is 36.1 Å². The molecule has 0 spiro atoms. The zero-order valence-electron chi connectivity index (χ0n) is 18.8. The quantitative estimate of drug-likeness (QED) is 0.639. The summed E-state index contributed by atoms with van der Waals surface area (Å²) in [7, 11) is 0. The summed E-state index contributed by atoms with van der Waals surface area (Å²) < 4.78 is 31.7. The molecule has 2 N–H and O–H groups in total. The van der Waals surface area contributed by atoms with Gasteiger partial charge in [-0.15, -0.1) is 0 Å². The molecule has 1 aliphatic rings. The largest absolute Gasteiger partial charge is 0.490 e. The van der Waals surface area contributed by atoms with Gasteiger partial charge in [-0.05, 0) is 44.0 Å². The average molecular weight is 480 g/mol. The number of amides is 1. The Bertz CT molecular complexity index is 998. The fraction of sp³-hybridized carbons (Fsp3) is 0.375. The Balaban J connectivity index is 0.000000509. The van der Waals surface area contributed by atoms with E-state index < -0.39 is 18.1 Å². The molecule has 7 nitrogen and oxygen atoms in total. The van der Waals surface area contributed by atoms with Gasteiger partial charge in [-0.25, -0.2) is 9.59 Å². The highest BCUT2D eigenvalue weighted by Gasteiger charge is 2.38. The molecule has 1 aliphatic heterocycles. The SMILES string of the molecule is CCN(C(=O)c1cccc(C(=O)O)c1)C1CCN(C(C)c2ccccc2)C1.O=C(O)C(F)(F)F. The van der Waals surface area contributed by atoms with Crippen molar-refractivity contribution in [2.45, 2.75) is 38.5 Å². The Kier molecular flexibility index (Phi) is 9.19. The van der Waals surface area contributed by atoms with Crippen LogP contribution in [0.3, 0.4) is 0 Å². The molecule has 34 heavy (non-hydrogen) atoms. The number of carboxylic acid groups (broad SMARTS) is 2. The lowest BCUT2D eigenvalue weighted by Crippen LogP contribution is -2.42. The molecule has 2 aromatic carbocycles. The number of aliphatic carboxylic acids is 1. The predicted octanol–water partition coefficient (Wildman–Crippen LogP) is 4.32. The Morgan fingerprint density at radius 3 is 2.18 bits per heavy atom. The molecule has 2 aromatic rings. The van der Waals surface area contributed by atoms with E-state index in [0.29, 0.717) is 18.2 Å². The fourth-order valence-corrected chi connectivity index (χ4v) is 3.84. The first-order valence-corrected chi connectivity index (χ1v) is 10.7. The van der Waals surface area contributed by atoms with Crippen LogP contribution in [0.2, 0.25) is 0 Å². The van der Waals surface area contributed by atoms with Crippen LogP contribution in [-0.2, 0) is 4.79 Å². The maximum absolute atomic E-state index is 13.0. The van der Waals surface area contributed by atoms with Crippen LogP contribution in [0.15, 0.2) is 54.6 Å². The monoisotopic (exact) mass is 480 g/mol. The van der Waals surface area contributed by atoms with Crippen molar-refractivity contribution in [3.63, 3.8) is 0 Å². The van der Waals surface area contributed by atoms with Gasteiger partial charge in [0.05, 0.1) is 5.56 Å². The van der Waals surface area contributed by atoms with Crippen LogP contribution in [0.5, 0.6) is 0 Å². The van der Waals surface area contributed by atoms with Crippen LogP contribution in [-0.4, -0.2) is 69.7 Å². The van der Waals surface area contributed by atoms with Crippen molar-refractivity contribution in [1.29, 1.82) is 0 Å². The number of hydrogen-bond acceptors (Lipinski definition) is 4. The maximum Gasteiger partial charge on any atom is 0.490 e. The van der Waals surface area contributed by atoms with E-state index in [1.807, 2.05) is 17.9 Å². The molecule has 10 heteroatoms. The molecule has 2 atom stereocenters. The van der Waals surface area contributed by atoms with E-state index in [4.69, 9.17) is 9.90 Å². The Hall–Kier alpha value is -3.40. The second-order valence-corrected chi connectivity index (χ2v) is 7.80. The van der Waals surface area contributed by atoms with Crippen molar-refractivity contribution in [1.82, 2.24) is 9.80 Å². The lowest BCUT2D eigenvalue weighted by molar-refractivity contribution is -0.192. The number of hydrogen-bond donors (Lipinski definition) is 2. The van der Waals surface area contributed by atoms with Gasteiger partial charge in [0.15, 0.2) is 0 Å². The molecular formula is C24H27F3N2O5. The van der Waals surface area contributed by atoms with Gasteiger partial charge in [0.2, 0.25) is 0 Å². The topological polar surface area (TPSA) is 98.2 Å². The van der Waals surface area contributed by atoms with Gasteiger partial charge in [-0.3, -0.25) is 9.69 Å². The zero-order chi connectivity index (χ0) is 25.5. The summed E-state index contributed by atoms with van der Waals surface area (Å²) in [4.78, 5) is 37.4. The summed E-state index contributed by atoms with van der Waals surface area (Å²) in [5.41, 5.74) is 1.86. The molecule has 0 aromatic heterocycles. The normalized spacial score (nSPS) is 16.8. The lowest BCUT2D eigenvalue weighted by atomic mass is 10.1. The molecule has 1 fully saturated rings. The van der Waals surface area contributed by atoms with Gasteiger partial charge in [0.1, 0.15) is 0 Å². The van der Waals surface area contributed by atoms with Gasteiger partial charge in [0.25, 0.3) is 5.91 Å². The minimum absolute atomic E-state index is 0.0974. The van der Waals surface area contributed by atoms with Gasteiger partial charge >= 0.3 is 18.1 Å². The highest BCUT2D eigenvalue weighted by atomic mass is 19.4. The van der Waals surface area contributed by atoms with Gasteiger partial charge in [0, 0.05) is 37.3 Å². The molecule has 0 aliphatic carbocycles. The third kappa shape index (κ3) is 7.05. The second kappa shape index (κ2) is 11.6. The van der Waals surface area contributed by atoms with Crippen LogP contribution < -0.4 is 0 Å². The number of carbonyl (C=O) groups excluding carboxylic acids is 1. The molecule has 2 unspecified atom stereocenters. The van der Waals surface area contributed by atoms with E-state index in [1.165, 1.54) is 17.7 Å². The highest BCUT2D eigenvalue weighted by Crippen LogP contribution is 2.27. The summed E-state index contributed by atoms with van der Waals surface area (Å²) >= 11 is 0. The van der Waals surface area contributed by atoms with E-state index in [-0.39, 0.29) is 17.5 Å². The number of carboxylic acids is 2. The number of rotatable bonds is 6. The molecule has 1 saturated heterocycles. The smallest absolute Gasteiger partial charge is 0.478 e. The van der Waals surface area contributed by atoms with E-state index >= 15 is 0 Å². The summed E-state index contributed by atoms with van der Waals surface area (Å²) in [5.74, 6) is -3.87. The molecular weight excluding hydrogens is 453 g/mol. The second-order valence-electron chi connectivity index (χ2n) is 7.80. The van der Waals surface area contributed by atoms with Crippen LogP contribution >= 0.6 is 0 Å². The first-order chi connectivity index (χ1) is 16.0. The van der Waals surface area contributed by atoms with Crippen molar-refractivity contribution in [2.24, 2.45) is 0 Å². The average Bonchev–Trinajstić information content (AvgIpc) is 3.29. The van der Waals surface area contributed by atoms with Crippen LogP contribution in [0, 0.1) is 0 Å². The zero-order valence-corrected chi connectivity index (χ0v) is 18.8. The van der Waals surface area contributed by atoms with Crippen LogP contribution in [0.25, 0.3) is 0 Å². The van der Waals surface area contributed by atoms with Crippen LogP contribution in [0.1, 0.15) is 52.6 Å². The van der Waals surface area contributed by atoms with E-state index in [0.717, 1.165) is 19.5 Å². The van der Waals surface area contributed by atoms with Crippen LogP contribution in [0.4, 0.5) is 13.2 Å². The molecule has 0 bridgehead atoms. The van der Waals surface area contributed by atoms with Crippen molar-refractivity contribution in [3.05, 3.63) is 71.3 Å². The van der Waals surface area contributed by atoms with E-state index in [1.54, 1.807) is 12.1 Å². The molecule has 1 amide bonds. The third-order valence-electron chi connectivity index (χ3n) is 5.67. The molecule has 0 radical (unpaired) electrons. The number of aromatic carboxylic acids is 1. The predicted molar refractivity (Wildman–Crippen MR) is 119 cm³/mol. The standard InChI is InChI=1S/C22H26N2O3.C2HF3O2/c1-3-24(21(25)18-10-7-11-19(14-18)22(26)27)20-12-13-23(15-20)16(2)17-8-5-4-6-9-17;3-2(4,5)1(6)7/h4-11,14,16,20H,3,12-13,15H2,1-2H3,(H,26,27);(H,6,7). The summed E-state index contributed by atoms with van der Waals surface area (Å²) in [6.07, 6.45) is -4.16. The maximum atomic E-state index is 13.0. The highest BCUT2D eigenvalue weighted by molar-refractivity contribution is 5.97. The first kappa shape index (κ1) is 26.8. The van der Waals surface area contributed by atoms with Crippen molar-refractivity contribution >= 4 is 17.8 Å². The van der Waals surface area contributed by atoms with Gasteiger partial charge in [-0.1, -0.05) is 36.4 Å². The van der Waals surface area contributed by atoms with E-state index in [9.17, 15) is 27.9 Å². The number of halogens is 3. The molecule has 184 valence electrons. The minimum atomic E-state index is -5.08. The summed E-state index contributed by atoms with van der Waals surface area (Å²) in [6.45, 7) is 6.55. The molecule has 3 rings (SSSR count). The Morgan fingerprint density at radius 1 is 1.06 bits per heavy atom. The van der Waals surface area contributed by atoms with Crippen molar-refractivity contribution < 1.29 is 37.8 Å². The number of nitrogens with zero attached hydrogens (tertiary/aromatic N) is 2. The summed E-state index contributed by atoms with van der Waals surface area (Å²) in [5, 5.41) is 16.3. The van der Waals surface area contributed by atoms with Gasteiger partial charge < -0.3 is 15.1 Å². The number of alkyl halides is 3. The molecule has 1 heterocycles. The summed E-state index contributed by atoms with van der Waals surface area (Å²) in [6, 6.07) is 17.1. The number of likely N-dealkylation sites (tertiary alicyclic amines) is 1. The van der Waals surface area contributed by atoms with Crippen molar-refractivity contribution in [2.75, 3.05) is 19.6 Å². The molecule has 0 saturated carbocycles. The fourth-order valence-electron chi connectivity index (χ4n) is 3.84. The number of likely N-dealkylation sites (N-methyl/N-ethyl adjacent to an activating group) is 1. The minimum Gasteiger partial charge on any atom is -0.478 e. The number of carbonyl (C=O) groups is 3. The van der Waals surface area contributed by atoms with Gasteiger partial charge in [-0.2, -0.15) is 13.2 Å². The first-order valence-electron chi connectivity index (χ1n) is 10.7. The number of benzene rings is 2.